The van der Waals surface area contributed by atoms with Crippen LogP contribution in [-0.4, -0.2) is 53.4 Å². The van der Waals surface area contributed by atoms with Gasteiger partial charge in [0, 0.05) is 44.3 Å². The maximum atomic E-state index is 12.9. The van der Waals surface area contributed by atoms with E-state index in [2.05, 4.69) is 40.2 Å². The standard InChI is InChI=1S/C21H23N3O/c25-21(19-8-4-7-18-9-11-22-20(18)19)24-15-13-23(14-16-24)12-10-17-5-2-1-3-6-17/h1-9,11,22H,10,12-16H2. The van der Waals surface area contributed by atoms with Crippen molar-refractivity contribution in [3.63, 3.8) is 0 Å². The highest BCUT2D eigenvalue weighted by atomic mass is 16.2. The number of rotatable bonds is 4. The summed E-state index contributed by atoms with van der Waals surface area (Å²) in [5.74, 6) is 0.135. The SMILES string of the molecule is O=C(c1cccc2cc[nH]c12)N1CCN(CCc2ccccc2)CC1. The molecular weight excluding hydrogens is 310 g/mol. The Morgan fingerprint density at radius 1 is 0.920 bits per heavy atom. The molecule has 0 radical (unpaired) electrons. The molecule has 1 N–H and O–H groups in total. The largest absolute Gasteiger partial charge is 0.361 e. The second-order valence-corrected chi connectivity index (χ2v) is 6.62. The third-order valence-electron chi connectivity index (χ3n) is 5.04. The van der Waals surface area contributed by atoms with Crippen LogP contribution in [0.5, 0.6) is 0 Å². The van der Waals surface area contributed by atoms with E-state index in [-0.39, 0.29) is 5.91 Å². The summed E-state index contributed by atoms with van der Waals surface area (Å²) in [7, 11) is 0. The predicted molar refractivity (Wildman–Crippen MR) is 101 cm³/mol. The number of fused-ring (bicyclic) bond motifs is 1. The number of piperazine rings is 1. The fourth-order valence-corrected chi connectivity index (χ4v) is 3.54. The summed E-state index contributed by atoms with van der Waals surface area (Å²) in [6.45, 7) is 4.53. The van der Waals surface area contributed by atoms with E-state index in [0.29, 0.717) is 0 Å². The molecule has 1 saturated heterocycles. The number of amides is 1. The zero-order chi connectivity index (χ0) is 17.1. The third-order valence-corrected chi connectivity index (χ3v) is 5.04. The van der Waals surface area contributed by atoms with Gasteiger partial charge in [0.2, 0.25) is 0 Å². The Morgan fingerprint density at radius 3 is 2.52 bits per heavy atom. The molecule has 1 amide bonds. The van der Waals surface area contributed by atoms with E-state index in [0.717, 1.165) is 55.6 Å². The molecule has 2 aromatic carbocycles. The molecule has 1 fully saturated rings. The lowest BCUT2D eigenvalue weighted by atomic mass is 10.1. The number of H-pyrrole nitrogens is 1. The number of nitrogens with one attached hydrogen (secondary N) is 1. The highest BCUT2D eigenvalue weighted by Crippen LogP contribution is 2.19. The molecule has 4 rings (SSSR count). The zero-order valence-electron chi connectivity index (χ0n) is 14.3. The van der Waals surface area contributed by atoms with Gasteiger partial charge >= 0.3 is 0 Å². The molecule has 2 heterocycles. The molecule has 0 atom stereocenters. The smallest absolute Gasteiger partial charge is 0.256 e. The number of benzene rings is 2. The number of carbonyl (C=O) groups is 1. The van der Waals surface area contributed by atoms with Crippen LogP contribution >= 0.6 is 0 Å². The first-order valence-electron chi connectivity index (χ1n) is 8.93. The van der Waals surface area contributed by atoms with Crippen molar-refractivity contribution in [1.29, 1.82) is 0 Å². The van der Waals surface area contributed by atoms with Gasteiger partial charge < -0.3 is 9.88 Å². The Bertz CT molecular complexity index is 848. The van der Waals surface area contributed by atoms with Crippen molar-refractivity contribution in [2.45, 2.75) is 6.42 Å². The molecule has 0 saturated carbocycles. The summed E-state index contributed by atoms with van der Waals surface area (Å²) in [6, 6.07) is 18.5. The Kier molecular flexibility index (Phi) is 4.53. The van der Waals surface area contributed by atoms with Crippen LogP contribution in [0, 0.1) is 0 Å². The van der Waals surface area contributed by atoms with E-state index in [1.807, 2.05) is 35.4 Å². The monoisotopic (exact) mass is 333 g/mol. The summed E-state index contributed by atoms with van der Waals surface area (Å²) in [6.07, 6.45) is 2.96. The quantitative estimate of drug-likeness (QED) is 0.796. The maximum absolute atomic E-state index is 12.9. The van der Waals surface area contributed by atoms with E-state index < -0.39 is 0 Å². The fourth-order valence-electron chi connectivity index (χ4n) is 3.54. The number of hydrogen-bond donors (Lipinski definition) is 1. The van der Waals surface area contributed by atoms with Crippen LogP contribution in [0.2, 0.25) is 0 Å². The number of para-hydroxylation sites is 1. The Labute approximate surface area is 148 Å². The van der Waals surface area contributed by atoms with Crippen molar-refractivity contribution in [3.05, 3.63) is 71.9 Å². The lowest BCUT2D eigenvalue weighted by molar-refractivity contribution is 0.0640. The molecule has 25 heavy (non-hydrogen) atoms. The van der Waals surface area contributed by atoms with Crippen molar-refractivity contribution < 1.29 is 4.79 Å². The van der Waals surface area contributed by atoms with Crippen LogP contribution in [0.25, 0.3) is 10.9 Å². The minimum atomic E-state index is 0.135. The predicted octanol–water partition coefficient (Wildman–Crippen LogP) is 3.17. The van der Waals surface area contributed by atoms with Crippen LogP contribution < -0.4 is 0 Å². The molecule has 1 aliphatic heterocycles. The highest BCUT2D eigenvalue weighted by molar-refractivity contribution is 6.05. The molecule has 4 nitrogen and oxygen atoms in total. The van der Waals surface area contributed by atoms with Gasteiger partial charge in [0.25, 0.3) is 5.91 Å². The number of hydrogen-bond acceptors (Lipinski definition) is 2. The van der Waals surface area contributed by atoms with Gasteiger partial charge in [-0.05, 0) is 24.1 Å². The van der Waals surface area contributed by atoms with Crippen LogP contribution in [0.3, 0.4) is 0 Å². The fraction of sp³-hybridized carbons (Fsp3) is 0.286. The first-order chi connectivity index (χ1) is 12.3. The number of aromatic nitrogens is 1. The Hall–Kier alpha value is -2.59. The molecule has 0 aliphatic carbocycles. The van der Waals surface area contributed by atoms with Gasteiger partial charge in [-0.2, -0.15) is 0 Å². The molecule has 128 valence electrons. The van der Waals surface area contributed by atoms with E-state index in [1.54, 1.807) is 0 Å². The van der Waals surface area contributed by atoms with Crippen LogP contribution in [0.4, 0.5) is 0 Å². The van der Waals surface area contributed by atoms with Gasteiger partial charge in [0.05, 0.1) is 11.1 Å². The highest BCUT2D eigenvalue weighted by Gasteiger charge is 2.23. The lowest BCUT2D eigenvalue weighted by Gasteiger charge is -2.34. The second kappa shape index (κ2) is 7.11. The van der Waals surface area contributed by atoms with Crippen molar-refractivity contribution in [1.82, 2.24) is 14.8 Å². The van der Waals surface area contributed by atoms with E-state index in [9.17, 15) is 4.79 Å². The van der Waals surface area contributed by atoms with Gasteiger partial charge in [-0.3, -0.25) is 9.69 Å². The van der Waals surface area contributed by atoms with Crippen LogP contribution in [-0.2, 0) is 6.42 Å². The first-order valence-corrected chi connectivity index (χ1v) is 8.93. The first kappa shape index (κ1) is 15.9. The normalized spacial score (nSPS) is 15.6. The average Bonchev–Trinajstić information content (AvgIpc) is 3.16. The second-order valence-electron chi connectivity index (χ2n) is 6.62. The summed E-state index contributed by atoms with van der Waals surface area (Å²) < 4.78 is 0. The summed E-state index contributed by atoms with van der Waals surface area (Å²) in [5, 5.41) is 1.09. The van der Waals surface area contributed by atoms with Crippen molar-refractivity contribution >= 4 is 16.8 Å². The maximum Gasteiger partial charge on any atom is 0.256 e. The molecule has 0 unspecified atom stereocenters. The molecule has 4 heteroatoms. The minimum Gasteiger partial charge on any atom is -0.361 e. The Balaban J connectivity index is 1.35. The van der Waals surface area contributed by atoms with Crippen molar-refractivity contribution in [2.75, 3.05) is 32.7 Å². The summed E-state index contributed by atoms with van der Waals surface area (Å²) in [4.78, 5) is 20.5. The van der Waals surface area contributed by atoms with Crippen LogP contribution in [0.1, 0.15) is 15.9 Å². The number of aromatic amines is 1. The number of nitrogens with zero attached hydrogens (tertiary/aromatic N) is 2. The zero-order valence-corrected chi connectivity index (χ0v) is 14.3. The summed E-state index contributed by atoms with van der Waals surface area (Å²) >= 11 is 0. The van der Waals surface area contributed by atoms with E-state index >= 15 is 0 Å². The molecular formula is C21H23N3O. The minimum absolute atomic E-state index is 0.135. The van der Waals surface area contributed by atoms with Gasteiger partial charge in [0.1, 0.15) is 0 Å². The topological polar surface area (TPSA) is 39.3 Å². The molecule has 0 spiro atoms. The number of carbonyl (C=O) groups excluding carboxylic acids is 1. The molecule has 0 bridgehead atoms. The van der Waals surface area contributed by atoms with E-state index in [4.69, 9.17) is 0 Å². The van der Waals surface area contributed by atoms with Gasteiger partial charge in [-0.15, -0.1) is 0 Å². The molecule has 1 aromatic heterocycles. The lowest BCUT2D eigenvalue weighted by Crippen LogP contribution is -2.49. The van der Waals surface area contributed by atoms with Gasteiger partial charge in [-0.25, -0.2) is 0 Å². The van der Waals surface area contributed by atoms with Crippen molar-refractivity contribution in [3.8, 4) is 0 Å². The Morgan fingerprint density at radius 2 is 1.72 bits per heavy atom. The van der Waals surface area contributed by atoms with E-state index in [1.165, 1.54) is 5.56 Å². The average molecular weight is 333 g/mol. The third kappa shape index (κ3) is 3.44. The van der Waals surface area contributed by atoms with Crippen LogP contribution in [0.15, 0.2) is 60.8 Å². The molecule has 1 aliphatic rings. The van der Waals surface area contributed by atoms with Gasteiger partial charge in [-0.1, -0.05) is 42.5 Å². The molecule has 3 aromatic rings. The summed E-state index contributed by atoms with van der Waals surface area (Å²) in [5.41, 5.74) is 3.10. The van der Waals surface area contributed by atoms with Gasteiger partial charge in [0.15, 0.2) is 0 Å². The van der Waals surface area contributed by atoms with Crippen molar-refractivity contribution in [2.24, 2.45) is 0 Å².